The molecule has 1 aliphatic heterocycles. The van der Waals surface area contributed by atoms with Gasteiger partial charge in [0.05, 0.1) is 6.54 Å². The molecular weight excluding hydrogens is 400 g/mol. The summed E-state index contributed by atoms with van der Waals surface area (Å²) in [4.78, 5) is 18.2. The Morgan fingerprint density at radius 3 is 2.53 bits per heavy atom. The molecule has 0 amide bonds. The maximum absolute atomic E-state index is 11.5. The zero-order chi connectivity index (χ0) is 22.3. The summed E-state index contributed by atoms with van der Waals surface area (Å²) in [5.74, 6) is 1.10. The van der Waals surface area contributed by atoms with Gasteiger partial charge in [-0.2, -0.15) is 5.10 Å². The molecule has 0 aliphatic carbocycles. The molecule has 0 radical (unpaired) electrons. The number of benzene rings is 2. The molecule has 0 bridgehead atoms. The predicted octanol–water partition coefficient (Wildman–Crippen LogP) is 4.28. The predicted molar refractivity (Wildman–Crippen MR) is 126 cm³/mol. The van der Waals surface area contributed by atoms with Crippen LogP contribution in [0, 0.1) is 0 Å². The van der Waals surface area contributed by atoms with Crippen molar-refractivity contribution in [2.24, 2.45) is 0 Å². The van der Waals surface area contributed by atoms with E-state index in [-0.39, 0.29) is 0 Å². The molecule has 0 fully saturated rings. The number of aliphatic carboxylic acids is 1. The third-order valence-electron chi connectivity index (χ3n) is 5.84. The highest BCUT2D eigenvalue weighted by Gasteiger charge is 2.26. The fraction of sp³-hybridized carbons (Fsp3) is 0.346. The highest BCUT2D eigenvalue weighted by atomic mass is 16.4. The first-order valence-electron chi connectivity index (χ1n) is 11.4. The highest BCUT2D eigenvalue weighted by molar-refractivity contribution is 5.82. The van der Waals surface area contributed by atoms with E-state index in [2.05, 4.69) is 43.3 Å². The monoisotopic (exact) mass is 430 g/mol. The molecule has 1 atom stereocenters. The normalized spacial score (nSPS) is 15.4. The van der Waals surface area contributed by atoms with E-state index in [1.165, 1.54) is 5.56 Å². The van der Waals surface area contributed by atoms with Crippen LogP contribution in [0.15, 0.2) is 66.7 Å². The average Bonchev–Trinajstić information content (AvgIpc) is 3.45. The highest BCUT2D eigenvalue weighted by Crippen LogP contribution is 2.22. The van der Waals surface area contributed by atoms with Crippen molar-refractivity contribution in [3.63, 3.8) is 0 Å². The van der Waals surface area contributed by atoms with E-state index in [0.29, 0.717) is 13.1 Å². The number of carbonyl (C=O) groups is 1. The van der Waals surface area contributed by atoms with Crippen LogP contribution in [0.3, 0.4) is 0 Å². The Labute approximate surface area is 189 Å². The number of hydrogen-bond donors (Lipinski definition) is 1. The number of carboxylic acid groups (broad SMARTS) is 1. The molecular formula is C26H30N4O2. The van der Waals surface area contributed by atoms with Gasteiger partial charge in [0.1, 0.15) is 11.9 Å². The Kier molecular flexibility index (Phi) is 7.00. The van der Waals surface area contributed by atoms with Gasteiger partial charge >= 0.3 is 5.97 Å². The van der Waals surface area contributed by atoms with E-state index in [0.717, 1.165) is 55.0 Å². The maximum atomic E-state index is 11.5. The van der Waals surface area contributed by atoms with Gasteiger partial charge in [-0.1, -0.05) is 68.0 Å². The van der Waals surface area contributed by atoms with Crippen molar-refractivity contribution >= 4 is 11.7 Å². The lowest BCUT2D eigenvalue weighted by Gasteiger charge is -2.23. The molecule has 6 heteroatoms. The van der Waals surface area contributed by atoms with Crippen molar-refractivity contribution in [1.82, 2.24) is 14.8 Å². The average molecular weight is 431 g/mol. The number of anilines is 1. The lowest BCUT2D eigenvalue weighted by Crippen LogP contribution is -2.36. The number of rotatable bonds is 10. The van der Waals surface area contributed by atoms with Crippen LogP contribution >= 0.6 is 0 Å². The van der Waals surface area contributed by atoms with Gasteiger partial charge in [0.2, 0.25) is 0 Å². The summed E-state index contributed by atoms with van der Waals surface area (Å²) in [5, 5.41) is 14.2. The quantitative estimate of drug-likeness (QED) is 0.486. The van der Waals surface area contributed by atoms with Gasteiger partial charge in [0, 0.05) is 25.1 Å². The largest absolute Gasteiger partial charge is 0.479 e. The van der Waals surface area contributed by atoms with E-state index < -0.39 is 12.0 Å². The SMILES string of the molecule is CCCCc1nc(CCc2ccccc2)nn1Cc1ccc(N2CC=CC2C(=O)O)cc1. The lowest BCUT2D eigenvalue weighted by atomic mass is 10.1. The third kappa shape index (κ3) is 5.25. The minimum atomic E-state index is -0.825. The van der Waals surface area contributed by atoms with Crippen molar-refractivity contribution in [1.29, 1.82) is 0 Å². The summed E-state index contributed by atoms with van der Waals surface area (Å²) < 4.78 is 2.03. The van der Waals surface area contributed by atoms with E-state index in [4.69, 9.17) is 10.1 Å². The number of nitrogens with zero attached hydrogens (tertiary/aromatic N) is 4. The van der Waals surface area contributed by atoms with Crippen molar-refractivity contribution in [2.75, 3.05) is 11.4 Å². The first kappa shape index (κ1) is 21.8. The maximum Gasteiger partial charge on any atom is 0.330 e. The van der Waals surface area contributed by atoms with E-state index in [1.54, 1.807) is 6.08 Å². The molecule has 0 saturated heterocycles. The van der Waals surface area contributed by atoms with Crippen molar-refractivity contribution < 1.29 is 9.90 Å². The Bertz CT molecular complexity index is 1060. The molecule has 32 heavy (non-hydrogen) atoms. The summed E-state index contributed by atoms with van der Waals surface area (Å²) in [5.41, 5.74) is 3.34. The molecule has 6 nitrogen and oxygen atoms in total. The smallest absolute Gasteiger partial charge is 0.330 e. The molecule has 1 aliphatic rings. The molecule has 2 heterocycles. The van der Waals surface area contributed by atoms with Gasteiger partial charge < -0.3 is 10.0 Å². The number of unbranched alkanes of at least 4 members (excludes halogenated alkanes) is 1. The second-order valence-electron chi connectivity index (χ2n) is 8.22. The second kappa shape index (κ2) is 10.3. The zero-order valence-corrected chi connectivity index (χ0v) is 18.5. The molecule has 3 aromatic rings. The zero-order valence-electron chi connectivity index (χ0n) is 18.5. The molecule has 1 N–H and O–H groups in total. The standard InChI is InChI=1S/C26H30N4O2/c1-2-3-11-25-27-24(17-14-20-8-5-4-6-9-20)28-30(25)19-21-12-15-22(16-13-21)29-18-7-10-23(29)26(31)32/h4-10,12-13,15-16,23H,2-3,11,14,17-19H2,1H3,(H,31,32). The summed E-state index contributed by atoms with van der Waals surface area (Å²) in [6.07, 6.45) is 8.53. The molecule has 1 aromatic heterocycles. The summed E-state index contributed by atoms with van der Waals surface area (Å²) in [6, 6.07) is 18.0. The van der Waals surface area contributed by atoms with Gasteiger partial charge in [-0.3, -0.25) is 0 Å². The van der Waals surface area contributed by atoms with Gasteiger partial charge in [0.15, 0.2) is 5.82 Å². The Morgan fingerprint density at radius 1 is 1.03 bits per heavy atom. The van der Waals surface area contributed by atoms with Crippen molar-refractivity contribution in [2.45, 2.75) is 51.6 Å². The molecule has 1 unspecified atom stereocenters. The minimum absolute atomic E-state index is 0.594. The third-order valence-corrected chi connectivity index (χ3v) is 5.84. The first-order valence-corrected chi connectivity index (χ1v) is 11.4. The first-order chi connectivity index (χ1) is 15.6. The van der Waals surface area contributed by atoms with Gasteiger partial charge in [-0.15, -0.1) is 0 Å². The van der Waals surface area contributed by atoms with Gasteiger partial charge in [-0.05, 0) is 36.1 Å². The number of aromatic nitrogens is 3. The molecule has 4 rings (SSSR count). The van der Waals surface area contributed by atoms with Crippen LogP contribution in [0.5, 0.6) is 0 Å². The minimum Gasteiger partial charge on any atom is -0.479 e. The lowest BCUT2D eigenvalue weighted by molar-refractivity contribution is -0.137. The Balaban J connectivity index is 1.46. The van der Waals surface area contributed by atoms with Crippen LogP contribution in [-0.4, -0.2) is 38.4 Å². The van der Waals surface area contributed by atoms with Crippen LogP contribution in [0.1, 0.15) is 42.5 Å². The van der Waals surface area contributed by atoms with Crippen LogP contribution in [0.2, 0.25) is 0 Å². The van der Waals surface area contributed by atoms with Crippen molar-refractivity contribution in [3.05, 3.63) is 89.5 Å². The summed E-state index contributed by atoms with van der Waals surface area (Å²) in [6.45, 7) is 3.47. The fourth-order valence-electron chi connectivity index (χ4n) is 4.05. The molecule has 166 valence electrons. The van der Waals surface area contributed by atoms with E-state index in [9.17, 15) is 9.90 Å². The topological polar surface area (TPSA) is 71.2 Å². The molecule has 0 saturated carbocycles. The van der Waals surface area contributed by atoms with E-state index >= 15 is 0 Å². The van der Waals surface area contributed by atoms with Gasteiger partial charge in [-0.25, -0.2) is 14.5 Å². The van der Waals surface area contributed by atoms with Crippen LogP contribution in [0.4, 0.5) is 5.69 Å². The number of hydrogen-bond acceptors (Lipinski definition) is 4. The Morgan fingerprint density at radius 2 is 1.81 bits per heavy atom. The van der Waals surface area contributed by atoms with Crippen LogP contribution in [0.25, 0.3) is 0 Å². The second-order valence-corrected chi connectivity index (χ2v) is 8.22. The fourth-order valence-corrected chi connectivity index (χ4v) is 4.05. The van der Waals surface area contributed by atoms with Crippen molar-refractivity contribution in [3.8, 4) is 0 Å². The number of carboxylic acids is 1. The molecule has 0 spiro atoms. The van der Waals surface area contributed by atoms with Crippen LogP contribution in [-0.2, 0) is 30.6 Å². The van der Waals surface area contributed by atoms with Crippen LogP contribution < -0.4 is 4.90 Å². The number of aryl methyl sites for hydroxylation is 3. The Hall–Kier alpha value is -3.41. The summed E-state index contributed by atoms with van der Waals surface area (Å²) in [7, 11) is 0. The molecule has 2 aromatic carbocycles. The van der Waals surface area contributed by atoms with E-state index in [1.807, 2.05) is 33.9 Å². The van der Waals surface area contributed by atoms with Gasteiger partial charge in [0.25, 0.3) is 0 Å². The summed E-state index contributed by atoms with van der Waals surface area (Å²) >= 11 is 0.